The average molecular weight is 901 g/mol. The Balaban J connectivity index is 1.05. The van der Waals surface area contributed by atoms with Gasteiger partial charge in [0.05, 0.1) is 29.0 Å². The number of likely N-dealkylation sites (tertiary alicyclic amines) is 1. The number of piperidine rings is 1. The van der Waals surface area contributed by atoms with Gasteiger partial charge in [0, 0.05) is 24.3 Å². The summed E-state index contributed by atoms with van der Waals surface area (Å²) in [5, 5.41) is 6.68. The average Bonchev–Trinajstić information content (AvgIpc) is 4.24. The van der Waals surface area contributed by atoms with Crippen molar-refractivity contribution in [2.75, 3.05) is 32.8 Å². The van der Waals surface area contributed by atoms with Gasteiger partial charge in [0.15, 0.2) is 0 Å². The quantitative estimate of drug-likeness (QED) is 0.211. The Hall–Kier alpha value is -4.70. The zero-order chi connectivity index (χ0) is 44.5. The van der Waals surface area contributed by atoms with Gasteiger partial charge in [0.2, 0.25) is 27.7 Å². The fraction of sp³-hybridized carbons (Fsp3) is 0.646. The van der Waals surface area contributed by atoms with Gasteiger partial charge in [-0.25, -0.2) is 18.2 Å². The molecule has 1 aromatic heterocycles. The van der Waals surface area contributed by atoms with Gasteiger partial charge in [-0.3, -0.25) is 19.1 Å². The number of aromatic nitrogens is 1. The van der Waals surface area contributed by atoms with Gasteiger partial charge in [0.25, 0.3) is 5.91 Å². The summed E-state index contributed by atoms with van der Waals surface area (Å²) >= 11 is 0. The van der Waals surface area contributed by atoms with E-state index in [4.69, 9.17) is 19.2 Å². The number of ether oxygens (including phenoxy) is 3. The third kappa shape index (κ3) is 9.78. The van der Waals surface area contributed by atoms with Crippen molar-refractivity contribution in [3.63, 3.8) is 0 Å². The number of benzene rings is 1. The van der Waals surface area contributed by atoms with Crippen LogP contribution in [0.5, 0.6) is 11.6 Å². The number of amides is 4. The molecule has 5 heterocycles. The highest BCUT2D eigenvalue weighted by molar-refractivity contribution is 7.91. The summed E-state index contributed by atoms with van der Waals surface area (Å²) in [4.78, 5) is 66.0. The lowest BCUT2D eigenvalue weighted by molar-refractivity contribution is -0.141. The summed E-state index contributed by atoms with van der Waals surface area (Å²) in [7, 11) is -4.00. The molecule has 9 rings (SSSR count). The third-order valence-electron chi connectivity index (χ3n) is 14.6. The van der Waals surface area contributed by atoms with Crippen molar-refractivity contribution >= 4 is 50.8 Å². The van der Waals surface area contributed by atoms with Crippen molar-refractivity contribution in [1.82, 2.24) is 30.1 Å². The summed E-state index contributed by atoms with van der Waals surface area (Å²) in [5.41, 5.74) is -0.153. The number of fused-ring (bicyclic) bond motifs is 6. The van der Waals surface area contributed by atoms with E-state index in [2.05, 4.69) is 26.3 Å². The van der Waals surface area contributed by atoms with Crippen LogP contribution >= 0.6 is 0 Å². The van der Waals surface area contributed by atoms with Crippen molar-refractivity contribution in [3.8, 4) is 11.6 Å². The summed E-state index contributed by atoms with van der Waals surface area (Å²) in [5.74, 6) is -1.05. The fourth-order valence-electron chi connectivity index (χ4n) is 10.00. The topological polar surface area (TPSA) is 186 Å². The summed E-state index contributed by atoms with van der Waals surface area (Å²) in [6, 6.07) is 5.71. The van der Waals surface area contributed by atoms with Crippen LogP contribution in [0.15, 0.2) is 42.5 Å². The minimum absolute atomic E-state index is 0.00616. The second-order valence-corrected chi connectivity index (χ2v) is 21.7. The van der Waals surface area contributed by atoms with E-state index in [0.717, 1.165) is 70.0 Å². The molecule has 16 heteroatoms. The Bertz CT molecular complexity index is 2280. The minimum atomic E-state index is -4.00. The smallest absolute Gasteiger partial charge is 0.408 e. The lowest BCUT2D eigenvalue weighted by atomic mass is 10.0. The van der Waals surface area contributed by atoms with Gasteiger partial charge in [0.1, 0.15) is 35.6 Å². The lowest BCUT2D eigenvalue weighted by Gasteiger charge is -2.30. The van der Waals surface area contributed by atoms with E-state index in [1.165, 1.54) is 24.2 Å². The second-order valence-electron chi connectivity index (χ2n) is 19.5. The van der Waals surface area contributed by atoms with E-state index < -0.39 is 68.2 Å². The molecule has 3 N–H and O–H groups in total. The van der Waals surface area contributed by atoms with Crippen LogP contribution in [0.4, 0.5) is 4.79 Å². The first-order chi connectivity index (χ1) is 30.9. The van der Waals surface area contributed by atoms with E-state index in [-0.39, 0.29) is 31.4 Å². The number of allylic oxidation sites excluding steroid dienone is 2. The molecule has 0 unspecified atom stereocenters. The number of pyridine rings is 1. The molecule has 2 aromatic rings. The van der Waals surface area contributed by atoms with Gasteiger partial charge in [-0.1, -0.05) is 49.6 Å². The SMILES string of the molecule is CC1(S(=O)(=O)NC(=O)[C@@]23C[C@@H]2/C=C\CCCCC[C@@H]2NC(=O)O[C@@H]4C[C@H]4CCC/C=C/c4c(nc5ccccc5c4OCCCN4CCCCC4)O[C@@H]4C[C@@H](C(=O)N3)N(C4)C2=O)CC1. The predicted molar refractivity (Wildman–Crippen MR) is 241 cm³/mol. The Morgan fingerprint density at radius 3 is 2.59 bits per heavy atom. The molecular formula is C48H64N6O9S. The Kier molecular flexibility index (Phi) is 13.0. The summed E-state index contributed by atoms with van der Waals surface area (Å²) in [6.45, 7) is 5.27. The lowest BCUT2D eigenvalue weighted by Crippen LogP contribution is -2.58. The van der Waals surface area contributed by atoms with E-state index in [0.29, 0.717) is 61.4 Å². The first-order valence-corrected chi connectivity index (χ1v) is 25.4. The van der Waals surface area contributed by atoms with Crippen LogP contribution in [0.2, 0.25) is 0 Å². The van der Waals surface area contributed by atoms with Crippen LogP contribution < -0.4 is 24.8 Å². The van der Waals surface area contributed by atoms with Crippen LogP contribution in [-0.2, 0) is 29.1 Å². The van der Waals surface area contributed by atoms with E-state index >= 15 is 0 Å². The molecule has 2 saturated heterocycles. The number of sulfonamides is 1. The number of hydrogen-bond donors (Lipinski definition) is 3. The molecule has 346 valence electrons. The van der Waals surface area contributed by atoms with Gasteiger partial charge < -0.3 is 34.6 Å². The van der Waals surface area contributed by atoms with Gasteiger partial charge >= 0.3 is 6.09 Å². The van der Waals surface area contributed by atoms with E-state index in [1.54, 1.807) is 6.92 Å². The largest absolute Gasteiger partial charge is 0.492 e. The molecule has 7 aliphatic rings. The number of hydrogen-bond acceptors (Lipinski definition) is 11. The number of nitrogens with zero attached hydrogens (tertiary/aromatic N) is 3. The zero-order valence-electron chi connectivity index (χ0n) is 37.1. The molecule has 7 atom stereocenters. The molecule has 15 nitrogen and oxygen atoms in total. The molecule has 4 aliphatic heterocycles. The molecule has 4 amide bonds. The van der Waals surface area contributed by atoms with Crippen LogP contribution in [-0.4, -0.2) is 114 Å². The number of nitrogens with one attached hydrogen (secondary N) is 3. The Morgan fingerprint density at radius 2 is 1.77 bits per heavy atom. The molecule has 0 radical (unpaired) electrons. The van der Waals surface area contributed by atoms with Gasteiger partial charge in [-0.2, -0.15) is 0 Å². The molecule has 3 aliphatic carbocycles. The minimum Gasteiger partial charge on any atom is -0.492 e. The van der Waals surface area contributed by atoms with E-state index in [1.807, 2.05) is 42.5 Å². The molecule has 0 spiro atoms. The maximum Gasteiger partial charge on any atom is 0.408 e. The monoisotopic (exact) mass is 900 g/mol. The standard InChI is InChI=1S/C48H64N6O9S/c1-47(22-23-47)64(59,60)52-45(57)48-30-33(48)17-8-3-2-4-10-21-38-44(56)54-31-34(29-39(54)42(55)51-48)62-43-36(19-9-5-7-16-32-28-40(32)63-46(58)50-38)41(35-18-11-12-20-37(35)49-43)61-27-15-26-53-24-13-6-14-25-53/h8-9,11-12,17-20,32-34,38-40H,2-7,10,13-16,21-31H2,1H3,(H,50,58)(H,51,55)(H,52,57)/b17-8-,19-9+/t32-,33+,34-,38+,39+,40-,48-/m1/s1. The maximum absolute atomic E-state index is 14.8. The predicted octanol–water partition coefficient (Wildman–Crippen LogP) is 5.91. The highest BCUT2D eigenvalue weighted by atomic mass is 32.2. The first kappa shape index (κ1) is 44.5. The van der Waals surface area contributed by atoms with Crippen LogP contribution in [0.3, 0.4) is 0 Å². The zero-order valence-corrected chi connectivity index (χ0v) is 37.9. The third-order valence-corrected chi connectivity index (χ3v) is 16.7. The maximum atomic E-state index is 14.8. The highest BCUT2D eigenvalue weighted by Gasteiger charge is 2.63. The van der Waals surface area contributed by atoms with Gasteiger partial charge in [-0.05, 0) is 128 Å². The van der Waals surface area contributed by atoms with Crippen LogP contribution in [0.25, 0.3) is 17.0 Å². The summed E-state index contributed by atoms with van der Waals surface area (Å²) in [6.07, 6.45) is 18.7. The molecule has 64 heavy (non-hydrogen) atoms. The van der Waals surface area contributed by atoms with Crippen LogP contribution in [0.1, 0.15) is 122 Å². The molecular weight excluding hydrogens is 837 g/mol. The fourth-order valence-corrected chi connectivity index (χ4v) is 11.3. The number of rotatable bonds is 8. The van der Waals surface area contributed by atoms with Crippen molar-refractivity contribution in [3.05, 3.63) is 48.1 Å². The normalized spacial score (nSPS) is 32.0. The summed E-state index contributed by atoms with van der Waals surface area (Å²) < 4.78 is 47.3. The number of carbonyl (C=O) groups excluding carboxylic acids is 4. The number of alkyl carbamates (subject to hydrolysis) is 1. The van der Waals surface area contributed by atoms with Crippen molar-refractivity contribution in [2.24, 2.45) is 11.8 Å². The molecule has 1 aromatic carbocycles. The van der Waals surface area contributed by atoms with Crippen molar-refractivity contribution in [2.45, 2.75) is 151 Å². The van der Waals surface area contributed by atoms with Crippen molar-refractivity contribution in [1.29, 1.82) is 0 Å². The van der Waals surface area contributed by atoms with Crippen molar-refractivity contribution < 1.29 is 41.8 Å². The highest BCUT2D eigenvalue weighted by Crippen LogP contribution is 2.48. The molecule has 3 saturated carbocycles. The van der Waals surface area contributed by atoms with Crippen LogP contribution in [0, 0.1) is 11.8 Å². The number of para-hydroxylation sites is 1. The van der Waals surface area contributed by atoms with E-state index in [9.17, 15) is 27.6 Å². The van der Waals surface area contributed by atoms with Gasteiger partial charge in [-0.15, -0.1) is 0 Å². The Morgan fingerprint density at radius 1 is 0.969 bits per heavy atom. The first-order valence-electron chi connectivity index (χ1n) is 23.9. The second kappa shape index (κ2) is 18.7. The molecule has 5 fully saturated rings. The number of carbonyl (C=O) groups is 4. The molecule has 3 bridgehead atoms. The Labute approximate surface area is 376 Å².